The largest absolute Gasteiger partial charge is 2.00 e. The van der Waals surface area contributed by atoms with Crippen molar-refractivity contribution < 1.29 is 46.6 Å². The van der Waals surface area contributed by atoms with E-state index in [1.807, 2.05) is 38.4 Å². The van der Waals surface area contributed by atoms with E-state index in [-0.39, 0.29) is 17.1 Å². The first-order chi connectivity index (χ1) is 11.2. The summed E-state index contributed by atoms with van der Waals surface area (Å²) in [7, 11) is 0. The van der Waals surface area contributed by atoms with Gasteiger partial charge in [0.1, 0.15) is 0 Å². The standard InChI is InChI=1S/C8H12.C5H5.C2H3S.3CO.2Fe/c1-7(2)8-5-3-4-6-8;1-2-4-5-3-1;1-3-2;3*1-2;;/h3-8H,1-2H3;1-5H;1H3;;;;;/q;;-1;;;;;+2. The topological polar surface area (TPSA) is 59.7 Å². The van der Waals surface area contributed by atoms with Gasteiger partial charge in [-0.3, -0.25) is 0 Å². The Morgan fingerprint density at radius 3 is 1.25 bits per heavy atom. The van der Waals surface area contributed by atoms with Crippen molar-refractivity contribution >= 4 is 16.0 Å². The fourth-order valence-corrected chi connectivity index (χ4v) is 1.21. The first-order valence-electron chi connectivity index (χ1n) is 6.22. The van der Waals surface area contributed by atoms with Crippen LogP contribution in [0.5, 0.6) is 0 Å². The summed E-state index contributed by atoms with van der Waals surface area (Å²) < 4.78 is 25.1. The van der Waals surface area contributed by atoms with Crippen LogP contribution in [0.3, 0.4) is 0 Å². The molecule has 0 aromatic heterocycles. The molecule has 2 aliphatic carbocycles. The van der Waals surface area contributed by atoms with Gasteiger partial charge in [-0.25, -0.2) is 0 Å². The third-order valence-electron chi connectivity index (χ3n) is 2.18. The second-order valence-electron chi connectivity index (χ2n) is 3.83. The Morgan fingerprint density at radius 2 is 1.12 bits per heavy atom. The van der Waals surface area contributed by atoms with E-state index in [2.05, 4.69) is 77.9 Å². The van der Waals surface area contributed by atoms with Gasteiger partial charge in [-0.05, 0) is 43.9 Å². The third kappa shape index (κ3) is 33.5. The van der Waals surface area contributed by atoms with E-state index in [1.165, 1.54) is 11.8 Å². The minimum atomic E-state index is 0. The number of rotatable bonds is 2. The number of hydrogen-bond donors (Lipinski definition) is 0. The van der Waals surface area contributed by atoms with E-state index in [9.17, 15) is 0 Å². The molecule has 1 saturated carbocycles. The molecule has 0 bridgehead atoms. The maximum Gasteiger partial charge on any atom is 2.00 e. The summed E-state index contributed by atoms with van der Waals surface area (Å²) in [5.41, 5.74) is 0. The van der Waals surface area contributed by atoms with Gasteiger partial charge in [-0.2, -0.15) is 0 Å². The molecule has 0 heterocycles. The maximum atomic E-state index is 7.50. The van der Waals surface area contributed by atoms with Gasteiger partial charge in [0.2, 0.25) is 0 Å². The molecule has 6 heteroatoms. The third-order valence-corrected chi connectivity index (χ3v) is 3.00. The quantitative estimate of drug-likeness (QED) is 0.375. The van der Waals surface area contributed by atoms with Gasteiger partial charge in [0, 0.05) is 0 Å². The van der Waals surface area contributed by atoms with Crippen LogP contribution in [0.4, 0.5) is 0 Å². The van der Waals surface area contributed by atoms with Crippen molar-refractivity contribution in [3.63, 3.8) is 0 Å². The Bertz CT molecular complexity index is 310. The van der Waals surface area contributed by atoms with E-state index in [0.29, 0.717) is 5.92 Å². The molecule has 0 aliphatic heterocycles. The molecule has 5 radical (unpaired) electrons. The Kier molecular flexibility index (Phi) is 56.4. The van der Waals surface area contributed by atoms with Crippen LogP contribution in [-0.2, 0) is 46.6 Å². The Morgan fingerprint density at radius 1 is 0.875 bits per heavy atom. The van der Waals surface area contributed by atoms with E-state index in [4.69, 9.17) is 14.0 Å². The minimum absolute atomic E-state index is 0. The van der Waals surface area contributed by atoms with Gasteiger partial charge in [0.05, 0.1) is 0 Å². The van der Waals surface area contributed by atoms with Crippen LogP contribution in [0.1, 0.15) is 13.8 Å². The first-order valence-corrected chi connectivity index (χ1v) is 8.00. The Balaban J connectivity index is -0.0000000665. The Labute approximate surface area is 170 Å². The smallest absolute Gasteiger partial charge is 0.0312 e. The molecule has 0 atom stereocenters. The molecule has 0 amide bonds. The maximum absolute atomic E-state index is 7.50. The van der Waals surface area contributed by atoms with Gasteiger partial charge < -0.3 is 0 Å². The monoisotopic (exact) mass is 428 g/mol. The summed E-state index contributed by atoms with van der Waals surface area (Å²) in [4.78, 5) is 0. The number of hydrogen-bond acceptors (Lipinski definition) is 1. The van der Waals surface area contributed by atoms with Crippen LogP contribution < -0.4 is 0 Å². The van der Waals surface area contributed by atoms with E-state index in [1.54, 1.807) is 0 Å². The van der Waals surface area contributed by atoms with Crippen molar-refractivity contribution in [3.05, 3.63) is 76.4 Å². The zero-order valence-corrected chi connectivity index (χ0v) is 16.7. The molecular formula is C18H20Fe2O3S+. The second kappa shape index (κ2) is 38.5. The summed E-state index contributed by atoms with van der Waals surface area (Å²) in [6, 6.07) is 0. The molecule has 0 spiro atoms. The fourth-order valence-electron chi connectivity index (χ4n) is 1.21. The average Bonchev–Trinajstić information content (AvgIpc) is 3.36. The molecule has 0 aromatic carbocycles. The molecule has 24 heavy (non-hydrogen) atoms. The molecular weight excluding hydrogens is 408 g/mol. The fraction of sp³-hybridized carbons (Fsp3) is 0.278. The van der Waals surface area contributed by atoms with Crippen LogP contribution >= 0.6 is 11.8 Å². The van der Waals surface area contributed by atoms with Crippen molar-refractivity contribution in [2.75, 3.05) is 6.26 Å². The summed E-state index contributed by atoms with van der Waals surface area (Å²) in [5.74, 6) is 1.47. The van der Waals surface area contributed by atoms with Gasteiger partial charge in [0.25, 0.3) is 0 Å². The molecule has 0 aromatic rings. The number of thioether (sulfide) groups is 1. The molecule has 131 valence electrons. The van der Waals surface area contributed by atoms with Gasteiger partial charge in [-0.1, -0.05) is 38.2 Å². The summed E-state index contributed by atoms with van der Waals surface area (Å²) >= 11 is 4.81. The minimum Gasteiger partial charge on any atom is -0.0312 e. The van der Waals surface area contributed by atoms with Crippen molar-refractivity contribution in [2.45, 2.75) is 13.8 Å². The zero-order valence-electron chi connectivity index (χ0n) is 13.7. The van der Waals surface area contributed by atoms with Crippen molar-refractivity contribution in [3.8, 4) is 0 Å². The van der Waals surface area contributed by atoms with Crippen molar-refractivity contribution in [2.24, 2.45) is 11.8 Å². The molecule has 3 nitrogen and oxygen atoms in total. The summed E-state index contributed by atoms with van der Waals surface area (Å²) in [6.45, 7) is 18.0. The molecule has 2 rings (SSSR count). The summed E-state index contributed by atoms with van der Waals surface area (Å²) in [6.07, 6.45) is 20.6. The van der Waals surface area contributed by atoms with Crippen molar-refractivity contribution in [1.82, 2.24) is 0 Å². The molecule has 0 saturated heterocycles. The molecule has 0 unspecified atom stereocenters. The SMILES string of the molecule is CC(C)C1C=CC=C1.CS[C-]=[Fe].[C-]#[O+].[C-]#[O+].[C-]#[O+].[CH]1[CH][CH][CH][CH]1.[Fe+2]. The molecule has 0 N–H and O–H groups in total. The Hall–Kier alpha value is -0.0410. The van der Waals surface area contributed by atoms with E-state index >= 15 is 0 Å². The normalized spacial score (nSPS) is 12.6. The second-order valence-corrected chi connectivity index (χ2v) is 5.06. The summed E-state index contributed by atoms with van der Waals surface area (Å²) in [5, 5.41) is 0. The molecule has 2 aliphatic rings. The number of allylic oxidation sites excluding steroid dienone is 4. The average molecular weight is 428 g/mol. The van der Waals surface area contributed by atoms with Crippen LogP contribution in [0.2, 0.25) is 0 Å². The molecule has 1 fully saturated rings. The predicted molar refractivity (Wildman–Crippen MR) is 88.4 cm³/mol. The predicted octanol–water partition coefficient (Wildman–Crippen LogP) is 3.82. The van der Waals surface area contributed by atoms with Crippen LogP contribution in [0, 0.1) is 63.9 Å². The van der Waals surface area contributed by atoms with Crippen LogP contribution in [0.25, 0.3) is 0 Å². The van der Waals surface area contributed by atoms with Crippen LogP contribution in [-0.4, -0.2) is 10.5 Å². The van der Waals surface area contributed by atoms with Gasteiger partial charge in [0.15, 0.2) is 0 Å². The van der Waals surface area contributed by atoms with Gasteiger partial charge >= 0.3 is 88.8 Å². The van der Waals surface area contributed by atoms with E-state index in [0.717, 1.165) is 5.92 Å². The van der Waals surface area contributed by atoms with Gasteiger partial charge in [-0.15, -0.1) is 0 Å². The van der Waals surface area contributed by atoms with Crippen molar-refractivity contribution in [1.29, 1.82) is 0 Å². The first kappa shape index (κ1) is 35.1. The van der Waals surface area contributed by atoms with E-state index < -0.39 is 0 Å². The van der Waals surface area contributed by atoms with Crippen LogP contribution in [0.15, 0.2) is 24.3 Å². The zero-order chi connectivity index (χ0) is 18.9.